The number of carbonyl (C=O) groups excluding carboxylic acids is 1. The summed E-state index contributed by atoms with van der Waals surface area (Å²) in [5.74, 6) is 0.827. The van der Waals surface area contributed by atoms with E-state index in [2.05, 4.69) is 15.3 Å². The Labute approximate surface area is 185 Å². The van der Waals surface area contributed by atoms with Gasteiger partial charge < -0.3 is 20.9 Å². The number of benzene rings is 2. The van der Waals surface area contributed by atoms with E-state index in [0.717, 1.165) is 32.1 Å². The van der Waals surface area contributed by atoms with Crippen LogP contribution in [0.2, 0.25) is 0 Å². The number of anilines is 1. The zero-order valence-corrected chi connectivity index (χ0v) is 17.6. The van der Waals surface area contributed by atoms with E-state index in [9.17, 15) is 14.3 Å². The Balaban J connectivity index is 1.52. The van der Waals surface area contributed by atoms with Crippen molar-refractivity contribution < 1.29 is 19.0 Å². The summed E-state index contributed by atoms with van der Waals surface area (Å²) in [4.78, 5) is 20.6. The molecule has 7 nitrogen and oxygen atoms in total. The van der Waals surface area contributed by atoms with Crippen molar-refractivity contribution in [1.82, 2.24) is 9.97 Å². The van der Waals surface area contributed by atoms with Gasteiger partial charge in [-0.1, -0.05) is 19.3 Å². The molecule has 4 rings (SSSR count). The quantitative estimate of drug-likeness (QED) is 0.510. The first-order valence-electron chi connectivity index (χ1n) is 10.6. The van der Waals surface area contributed by atoms with Gasteiger partial charge in [0.2, 0.25) is 0 Å². The molecule has 2 aromatic carbocycles. The van der Waals surface area contributed by atoms with E-state index in [4.69, 9.17) is 10.5 Å². The number of nitrogens with zero attached hydrogens (tertiary/aromatic N) is 2. The summed E-state index contributed by atoms with van der Waals surface area (Å²) in [6.45, 7) is 0.339. The summed E-state index contributed by atoms with van der Waals surface area (Å²) >= 11 is 0. The predicted molar refractivity (Wildman–Crippen MR) is 119 cm³/mol. The average molecular weight is 436 g/mol. The highest BCUT2D eigenvalue weighted by molar-refractivity contribution is 5.92. The van der Waals surface area contributed by atoms with Crippen molar-refractivity contribution in [2.75, 3.05) is 11.9 Å². The Morgan fingerprint density at radius 3 is 2.28 bits per heavy atom. The lowest BCUT2D eigenvalue weighted by atomic mass is 9.85. The third-order valence-corrected chi connectivity index (χ3v) is 5.52. The van der Waals surface area contributed by atoms with Crippen LogP contribution < -0.4 is 15.8 Å². The molecule has 1 aliphatic rings. The van der Waals surface area contributed by atoms with Crippen molar-refractivity contribution in [3.63, 3.8) is 0 Å². The molecule has 1 saturated carbocycles. The second-order valence-electron chi connectivity index (χ2n) is 8.05. The number of carbonyl (C=O) groups is 1. The molecule has 0 aliphatic heterocycles. The zero-order chi connectivity index (χ0) is 22.6. The molecule has 32 heavy (non-hydrogen) atoms. The van der Waals surface area contributed by atoms with Gasteiger partial charge in [-0.25, -0.2) is 14.4 Å². The minimum absolute atomic E-state index is 0.0831. The van der Waals surface area contributed by atoms with E-state index in [1.807, 2.05) is 0 Å². The van der Waals surface area contributed by atoms with Crippen molar-refractivity contribution in [3.05, 3.63) is 66.1 Å². The van der Waals surface area contributed by atoms with Crippen LogP contribution in [-0.4, -0.2) is 33.1 Å². The molecule has 0 saturated heterocycles. The lowest BCUT2D eigenvalue weighted by molar-refractivity contribution is 0.0166. The fraction of sp³-hybridized carbons (Fsp3) is 0.292. The summed E-state index contributed by atoms with van der Waals surface area (Å²) < 4.78 is 18.8. The molecule has 4 N–H and O–H groups in total. The van der Waals surface area contributed by atoms with Crippen molar-refractivity contribution in [1.29, 1.82) is 0 Å². The first kappa shape index (κ1) is 21.7. The van der Waals surface area contributed by atoms with Crippen molar-refractivity contribution in [3.8, 4) is 22.9 Å². The number of halogens is 1. The third kappa shape index (κ3) is 5.39. The van der Waals surface area contributed by atoms with Gasteiger partial charge in [0.25, 0.3) is 5.91 Å². The van der Waals surface area contributed by atoms with Gasteiger partial charge in [0.1, 0.15) is 28.8 Å². The molecule has 1 amide bonds. The number of hydrogen-bond donors (Lipinski definition) is 3. The second kappa shape index (κ2) is 9.32. The van der Waals surface area contributed by atoms with Gasteiger partial charge in [0.05, 0.1) is 5.60 Å². The number of nitrogens with two attached hydrogens (primary N) is 1. The molecular formula is C24H25FN4O3. The minimum Gasteiger partial charge on any atom is -0.457 e. The third-order valence-electron chi connectivity index (χ3n) is 5.52. The molecule has 8 heteroatoms. The maximum Gasteiger partial charge on any atom is 0.267 e. The largest absolute Gasteiger partial charge is 0.457 e. The molecule has 0 radical (unpaired) electrons. The van der Waals surface area contributed by atoms with Crippen molar-refractivity contribution >= 4 is 11.7 Å². The SMILES string of the molecule is NC(=O)c1cc(NCC2(O)CCCCC2)nc(-c2ccc(Oc3ccc(F)cc3)cc2)n1. The zero-order valence-electron chi connectivity index (χ0n) is 17.6. The van der Waals surface area contributed by atoms with E-state index in [1.54, 1.807) is 36.4 Å². The predicted octanol–water partition coefficient (Wildman–Crippen LogP) is 4.28. The Kier molecular flexibility index (Phi) is 6.32. The number of aliphatic hydroxyl groups is 1. The van der Waals surface area contributed by atoms with Gasteiger partial charge in [-0.15, -0.1) is 0 Å². The topological polar surface area (TPSA) is 110 Å². The molecule has 0 spiro atoms. The molecule has 0 bridgehead atoms. The molecule has 1 aliphatic carbocycles. The highest BCUT2D eigenvalue weighted by Gasteiger charge is 2.29. The highest BCUT2D eigenvalue weighted by atomic mass is 19.1. The number of ether oxygens (including phenoxy) is 1. The van der Waals surface area contributed by atoms with Crippen LogP contribution in [0.15, 0.2) is 54.6 Å². The fourth-order valence-electron chi connectivity index (χ4n) is 3.75. The molecule has 0 atom stereocenters. The maximum absolute atomic E-state index is 13.0. The van der Waals surface area contributed by atoms with Crippen molar-refractivity contribution in [2.45, 2.75) is 37.7 Å². The Morgan fingerprint density at radius 2 is 1.66 bits per heavy atom. The summed E-state index contributed by atoms with van der Waals surface area (Å²) in [5.41, 5.74) is 5.43. The number of primary amides is 1. The van der Waals surface area contributed by atoms with E-state index < -0.39 is 11.5 Å². The van der Waals surface area contributed by atoms with Gasteiger partial charge in [-0.2, -0.15) is 0 Å². The van der Waals surface area contributed by atoms with E-state index in [1.165, 1.54) is 18.2 Å². The summed E-state index contributed by atoms with van der Waals surface area (Å²) in [5, 5.41) is 13.9. The summed E-state index contributed by atoms with van der Waals surface area (Å²) in [6, 6.07) is 14.2. The standard InChI is InChI=1S/C24H25FN4O3/c25-17-6-10-19(11-7-17)32-18-8-4-16(5-9-18)23-28-20(22(26)30)14-21(29-23)27-15-24(31)12-2-1-3-13-24/h4-11,14,31H,1-3,12-13,15H2,(H2,26,30)(H,27,28,29). The Bertz CT molecular complexity index is 1080. The van der Waals surface area contributed by atoms with Gasteiger partial charge >= 0.3 is 0 Å². The number of amides is 1. The Hall–Kier alpha value is -3.52. The highest BCUT2D eigenvalue weighted by Crippen LogP contribution is 2.29. The molecule has 1 fully saturated rings. The first-order chi connectivity index (χ1) is 15.4. The number of hydrogen-bond acceptors (Lipinski definition) is 6. The average Bonchev–Trinajstić information content (AvgIpc) is 2.80. The number of aromatic nitrogens is 2. The van der Waals surface area contributed by atoms with E-state index in [0.29, 0.717) is 35.2 Å². The van der Waals surface area contributed by atoms with Gasteiger partial charge in [-0.05, 0) is 61.4 Å². The van der Waals surface area contributed by atoms with Gasteiger partial charge in [0, 0.05) is 18.2 Å². The monoisotopic (exact) mass is 436 g/mol. The van der Waals surface area contributed by atoms with Crippen LogP contribution in [0.5, 0.6) is 11.5 Å². The van der Waals surface area contributed by atoms with Crippen LogP contribution in [-0.2, 0) is 0 Å². The number of rotatable bonds is 7. The van der Waals surface area contributed by atoms with Crippen LogP contribution in [0.25, 0.3) is 11.4 Å². The molecule has 166 valence electrons. The Morgan fingerprint density at radius 1 is 1.03 bits per heavy atom. The molecule has 3 aromatic rings. The minimum atomic E-state index is -0.782. The van der Waals surface area contributed by atoms with E-state index >= 15 is 0 Å². The van der Waals surface area contributed by atoms with Gasteiger partial charge in [-0.3, -0.25) is 4.79 Å². The van der Waals surface area contributed by atoms with Crippen LogP contribution in [0.4, 0.5) is 10.2 Å². The molecule has 0 unspecified atom stereocenters. The van der Waals surface area contributed by atoms with Crippen LogP contribution in [0, 0.1) is 5.82 Å². The normalized spacial score (nSPS) is 15.2. The first-order valence-corrected chi connectivity index (χ1v) is 10.6. The van der Waals surface area contributed by atoms with Crippen LogP contribution >= 0.6 is 0 Å². The fourth-order valence-corrected chi connectivity index (χ4v) is 3.75. The van der Waals surface area contributed by atoms with Crippen molar-refractivity contribution in [2.24, 2.45) is 5.73 Å². The van der Waals surface area contributed by atoms with Crippen LogP contribution in [0.3, 0.4) is 0 Å². The lowest BCUT2D eigenvalue weighted by Gasteiger charge is -2.32. The molecular weight excluding hydrogens is 411 g/mol. The number of nitrogens with one attached hydrogen (secondary N) is 1. The molecule has 1 aromatic heterocycles. The summed E-state index contributed by atoms with van der Waals surface area (Å²) in [7, 11) is 0. The summed E-state index contributed by atoms with van der Waals surface area (Å²) in [6.07, 6.45) is 4.58. The smallest absolute Gasteiger partial charge is 0.267 e. The van der Waals surface area contributed by atoms with Crippen LogP contribution in [0.1, 0.15) is 42.6 Å². The lowest BCUT2D eigenvalue weighted by Crippen LogP contribution is -2.39. The maximum atomic E-state index is 13.0. The molecule has 1 heterocycles. The van der Waals surface area contributed by atoms with Gasteiger partial charge in [0.15, 0.2) is 5.82 Å². The second-order valence-corrected chi connectivity index (χ2v) is 8.05. The van der Waals surface area contributed by atoms with E-state index in [-0.39, 0.29) is 11.5 Å².